The van der Waals surface area contributed by atoms with E-state index < -0.39 is 17.0 Å². The van der Waals surface area contributed by atoms with Gasteiger partial charge < -0.3 is 10.2 Å². The summed E-state index contributed by atoms with van der Waals surface area (Å²) in [5.74, 6) is -1.24. The van der Waals surface area contributed by atoms with Crippen molar-refractivity contribution in [1.29, 1.82) is 0 Å². The van der Waals surface area contributed by atoms with E-state index in [9.17, 15) is 13.6 Å². The van der Waals surface area contributed by atoms with Crippen LogP contribution in [0.3, 0.4) is 0 Å². The van der Waals surface area contributed by atoms with Crippen molar-refractivity contribution >= 4 is 5.91 Å². The van der Waals surface area contributed by atoms with Gasteiger partial charge in [-0.3, -0.25) is 4.79 Å². The van der Waals surface area contributed by atoms with Crippen molar-refractivity contribution in [2.24, 2.45) is 0 Å². The second-order valence-electron chi connectivity index (χ2n) is 5.29. The van der Waals surface area contributed by atoms with Crippen molar-refractivity contribution in [1.82, 2.24) is 10.2 Å². The van der Waals surface area contributed by atoms with E-state index in [-0.39, 0.29) is 11.5 Å². The number of hydrogen-bond donors (Lipinski definition) is 1. The van der Waals surface area contributed by atoms with Gasteiger partial charge in [-0.25, -0.2) is 8.78 Å². The van der Waals surface area contributed by atoms with Crippen molar-refractivity contribution in [3.63, 3.8) is 0 Å². The number of rotatable bonds is 2. The van der Waals surface area contributed by atoms with Crippen LogP contribution in [-0.2, 0) is 10.2 Å². The Morgan fingerprint density at radius 1 is 1.26 bits per heavy atom. The average Bonchev–Trinajstić information content (AvgIpc) is 2.41. The fraction of sp³-hybridized carbons (Fsp3) is 0.500. The van der Waals surface area contributed by atoms with Crippen molar-refractivity contribution in [3.8, 4) is 0 Å². The first-order chi connectivity index (χ1) is 8.93. The van der Waals surface area contributed by atoms with E-state index in [1.807, 2.05) is 0 Å². The third-order valence-corrected chi connectivity index (χ3v) is 3.54. The van der Waals surface area contributed by atoms with Gasteiger partial charge in [0.1, 0.15) is 11.6 Å². The quantitative estimate of drug-likeness (QED) is 0.885. The van der Waals surface area contributed by atoms with Gasteiger partial charge in [0, 0.05) is 31.7 Å². The lowest BCUT2D eigenvalue weighted by atomic mass is 9.82. The zero-order valence-electron chi connectivity index (χ0n) is 11.2. The molecule has 0 aromatic heterocycles. The molecule has 0 saturated carbocycles. The molecule has 1 heterocycles. The van der Waals surface area contributed by atoms with Crippen LogP contribution in [0.5, 0.6) is 0 Å². The molecular formula is C14H18F2N2O. The maximum absolute atomic E-state index is 13.8. The van der Waals surface area contributed by atoms with Crippen LogP contribution >= 0.6 is 0 Å². The maximum Gasteiger partial charge on any atom is 0.232 e. The van der Waals surface area contributed by atoms with E-state index in [1.165, 1.54) is 0 Å². The number of halogens is 2. The van der Waals surface area contributed by atoms with Crippen molar-refractivity contribution in [2.45, 2.75) is 19.3 Å². The lowest BCUT2D eigenvalue weighted by molar-refractivity contribution is -0.137. The smallest absolute Gasteiger partial charge is 0.232 e. The number of hydrogen-bond acceptors (Lipinski definition) is 2. The molecule has 0 aliphatic carbocycles. The van der Waals surface area contributed by atoms with E-state index in [4.69, 9.17) is 0 Å². The summed E-state index contributed by atoms with van der Waals surface area (Å²) >= 11 is 0. The molecule has 2 rings (SSSR count). The third-order valence-electron chi connectivity index (χ3n) is 3.54. The molecule has 3 nitrogen and oxygen atoms in total. The number of nitrogens with one attached hydrogen (secondary N) is 1. The molecule has 1 aromatic rings. The lowest BCUT2D eigenvalue weighted by Crippen LogP contribution is -2.52. The highest BCUT2D eigenvalue weighted by atomic mass is 19.1. The first-order valence-electron chi connectivity index (χ1n) is 6.38. The molecule has 0 unspecified atom stereocenters. The molecule has 0 bridgehead atoms. The van der Waals surface area contributed by atoms with Crippen molar-refractivity contribution in [2.75, 3.05) is 26.2 Å². The molecular weight excluding hydrogens is 250 g/mol. The number of carbonyl (C=O) groups is 1. The van der Waals surface area contributed by atoms with E-state index in [0.717, 1.165) is 31.3 Å². The Labute approximate surface area is 111 Å². The average molecular weight is 268 g/mol. The molecule has 104 valence electrons. The number of nitrogens with zero attached hydrogens (tertiary/aromatic N) is 1. The molecule has 19 heavy (non-hydrogen) atoms. The summed E-state index contributed by atoms with van der Waals surface area (Å²) in [7, 11) is 0. The Morgan fingerprint density at radius 2 is 1.89 bits per heavy atom. The molecule has 5 heteroatoms. The summed E-state index contributed by atoms with van der Waals surface area (Å²) in [6.45, 7) is 5.92. The van der Waals surface area contributed by atoms with Crippen LogP contribution in [0.4, 0.5) is 8.78 Å². The summed E-state index contributed by atoms with van der Waals surface area (Å²) in [5, 5.41) is 3.15. The second kappa shape index (κ2) is 5.25. The molecule has 1 amide bonds. The second-order valence-corrected chi connectivity index (χ2v) is 5.29. The SMILES string of the molecule is CC(C)(C(=O)N1CCNCC1)c1cc(F)ccc1F. The summed E-state index contributed by atoms with van der Waals surface area (Å²) < 4.78 is 27.1. The summed E-state index contributed by atoms with van der Waals surface area (Å²) in [5.41, 5.74) is -0.959. The number of carbonyl (C=O) groups excluding carboxylic acids is 1. The predicted molar refractivity (Wildman–Crippen MR) is 68.8 cm³/mol. The zero-order valence-corrected chi connectivity index (χ0v) is 11.2. The molecule has 0 radical (unpaired) electrons. The van der Waals surface area contributed by atoms with Gasteiger partial charge in [0.15, 0.2) is 0 Å². The van der Waals surface area contributed by atoms with Gasteiger partial charge in [-0.05, 0) is 32.0 Å². The van der Waals surface area contributed by atoms with Gasteiger partial charge in [-0.15, -0.1) is 0 Å². The minimum absolute atomic E-state index is 0.107. The molecule has 1 aliphatic rings. The first kappa shape index (κ1) is 13.9. The molecule has 1 aromatic carbocycles. The minimum atomic E-state index is -1.07. The first-order valence-corrected chi connectivity index (χ1v) is 6.38. The largest absolute Gasteiger partial charge is 0.339 e. The summed E-state index contributed by atoms with van der Waals surface area (Å²) in [6.07, 6.45) is 0. The van der Waals surface area contributed by atoms with Crippen LogP contribution in [0, 0.1) is 11.6 Å². The summed E-state index contributed by atoms with van der Waals surface area (Å²) in [4.78, 5) is 14.2. The van der Waals surface area contributed by atoms with Crippen molar-refractivity contribution in [3.05, 3.63) is 35.4 Å². The van der Waals surface area contributed by atoms with Gasteiger partial charge >= 0.3 is 0 Å². The van der Waals surface area contributed by atoms with Gasteiger partial charge in [-0.2, -0.15) is 0 Å². The van der Waals surface area contributed by atoms with Crippen LogP contribution in [-0.4, -0.2) is 37.0 Å². The van der Waals surface area contributed by atoms with Crippen LogP contribution < -0.4 is 5.32 Å². The Balaban J connectivity index is 2.29. The molecule has 1 saturated heterocycles. The van der Waals surface area contributed by atoms with E-state index >= 15 is 0 Å². The Hall–Kier alpha value is -1.49. The normalized spacial score (nSPS) is 16.5. The van der Waals surface area contributed by atoms with Crippen molar-refractivity contribution < 1.29 is 13.6 Å². The fourth-order valence-electron chi connectivity index (χ4n) is 2.35. The van der Waals surface area contributed by atoms with Gasteiger partial charge in [-0.1, -0.05) is 0 Å². The monoisotopic (exact) mass is 268 g/mol. The zero-order chi connectivity index (χ0) is 14.0. The van der Waals surface area contributed by atoms with Crippen LogP contribution in [0.1, 0.15) is 19.4 Å². The van der Waals surface area contributed by atoms with Gasteiger partial charge in [0.2, 0.25) is 5.91 Å². The highest BCUT2D eigenvalue weighted by Crippen LogP contribution is 2.28. The molecule has 0 spiro atoms. The molecule has 0 atom stereocenters. The third kappa shape index (κ3) is 2.76. The Kier molecular flexibility index (Phi) is 3.85. The highest BCUT2D eigenvalue weighted by molar-refractivity contribution is 5.87. The van der Waals surface area contributed by atoms with E-state index in [2.05, 4.69) is 5.32 Å². The standard InChI is InChI=1S/C14H18F2N2O/c1-14(2,11-9-10(15)3-4-12(11)16)13(19)18-7-5-17-6-8-18/h3-4,9,17H,5-8H2,1-2H3. The lowest BCUT2D eigenvalue weighted by Gasteiger charge is -2.35. The van der Waals surface area contributed by atoms with Crippen LogP contribution in [0.15, 0.2) is 18.2 Å². The van der Waals surface area contributed by atoms with E-state index in [0.29, 0.717) is 13.1 Å². The number of benzene rings is 1. The summed E-state index contributed by atoms with van der Waals surface area (Å²) in [6, 6.07) is 3.23. The Morgan fingerprint density at radius 3 is 2.53 bits per heavy atom. The topological polar surface area (TPSA) is 32.3 Å². The minimum Gasteiger partial charge on any atom is -0.339 e. The van der Waals surface area contributed by atoms with Crippen LogP contribution in [0.2, 0.25) is 0 Å². The number of piperazine rings is 1. The Bertz CT molecular complexity index is 482. The fourth-order valence-corrected chi connectivity index (χ4v) is 2.35. The van der Waals surface area contributed by atoms with Gasteiger partial charge in [0.05, 0.1) is 5.41 Å². The molecule has 1 aliphatic heterocycles. The highest BCUT2D eigenvalue weighted by Gasteiger charge is 2.36. The van der Waals surface area contributed by atoms with E-state index in [1.54, 1.807) is 18.7 Å². The molecule has 1 fully saturated rings. The predicted octanol–water partition coefficient (Wildman–Crippen LogP) is 1.67. The number of amides is 1. The maximum atomic E-state index is 13.8. The van der Waals surface area contributed by atoms with Gasteiger partial charge in [0.25, 0.3) is 0 Å². The van der Waals surface area contributed by atoms with Crippen LogP contribution in [0.25, 0.3) is 0 Å². The molecule has 1 N–H and O–H groups in total.